The van der Waals surface area contributed by atoms with Crippen LogP contribution in [-0.2, 0) is 6.42 Å². The Morgan fingerprint density at radius 2 is 2.00 bits per heavy atom. The van der Waals surface area contributed by atoms with Crippen LogP contribution in [0, 0.1) is 12.8 Å². The lowest BCUT2D eigenvalue weighted by atomic mass is 9.99. The van der Waals surface area contributed by atoms with Gasteiger partial charge in [0, 0.05) is 12.5 Å². The summed E-state index contributed by atoms with van der Waals surface area (Å²) in [5, 5.41) is 11.9. The van der Waals surface area contributed by atoms with E-state index in [-0.39, 0.29) is 0 Å². The Hall–Kier alpha value is -0.960. The Morgan fingerprint density at radius 3 is 2.50 bits per heavy atom. The summed E-state index contributed by atoms with van der Waals surface area (Å²) in [5.41, 5.74) is 2.05. The summed E-state index contributed by atoms with van der Waals surface area (Å²) in [4.78, 5) is 0. The van der Waals surface area contributed by atoms with Gasteiger partial charge < -0.3 is 5.32 Å². The topological polar surface area (TPSA) is 37.8 Å². The molecule has 0 amide bonds. The van der Waals surface area contributed by atoms with Crippen molar-refractivity contribution in [2.24, 2.45) is 5.92 Å². The van der Waals surface area contributed by atoms with Crippen LogP contribution in [0.15, 0.2) is 12.1 Å². The Kier molecular flexibility index (Phi) is 5.39. The third kappa shape index (κ3) is 4.27. The molecule has 0 bridgehead atoms. The molecule has 1 aromatic rings. The fraction of sp³-hybridized carbons (Fsp3) is 0.692. The highest BCUT2D eigenvalue weighted by atomic mass is 15.1. The predicted molar refractivity (Wildman–Crippen MR) is 67.4 cm³/mol. The average molecular weight is 221 g/mol. The molecule has 0 fully saturated rings. The van der Waals surface area contributed by atoms with Crippen LogP contribution in [0.25, 0.3) is 0 Å². The summed E-state index contributed by atoms with van der Waals surface area (Å²) >= 11 is 0. The zero-order chi connectivity index (χ0) is 12.0. The van der Waals surface area contributed by atoms with E-state index in [0.717, 1.165) is 24.4 Å². The van der Waals surface area contributed by atoms with Crippen molar-refractivity contribution in [3.63, 3.8) is 0 Å². The van der Waals surface area contributed by atoms with Gasteiger partial charge in [-0.05, 0) is 37.9 Å². The summed E-state index contributed by atoms with van der Waals surface area (Å²) in [6.45, 7) is 9.72. The van der Waals surface area contributed by atoms with Gasteiger partial charge in [-0.2, -0.15) is 10.2 Å². The van der Waals surface area contributed by atoms with E-state index in [1.54, 1.807) is 0 Å². The molecule has 1 rings (SSSR count). The van der Waals surface area contributed by atoms with Crippen LogP contribution in [0.2, 0.25) is 0 Å². The van der Waals surface area contributed by atoms with Gasteiger partial charge in [-0.1, -0.05) is 20.8 Å². The maximum Gasteiger partial charge on any atom is 0.0646 e. The number of aryl methyl sites for hydroxylation is 1. The summed E-state index contributed by atoms with van der Waals surface area (Å²) in [7, 11) is 0. The third-order valence-corrected chi connectivity index (χ3v) is 2.74. The summed E-state index contributed by atoms with van der Waals surface area (Å²) in [5.74, 6) is 0.620. The van der Waals surface area contributed by atoms with E-state index in [1.807, 2.05) is 13.0 Å². The molecular formula is C13H23N3. The molecule has 1 heterocycles. The molecule has 0 aliphatic heterocycles. The first kappa shape index (κ1) is 13.1. The van der Waals surface area contributed by atoms with Crippen molar-refractivity contribution >= 4 is 0 Å². The van der Waals surface area contributed by atoms with Crippen LogP contribution in [0.5, 0.6) is 0 Å². The average Bonchev–Trinajstić information content (AvgIpc) is 2.26. The van der Waals surface area contributed by atoms with Gasteiger partial charge in [-0.3, -0.25) is 0 Å². The molecule has 90 valence electrons. The van der Waals surface area contributed by atoms with Crippen molar-refractivity contribution in [2.45, 2.75) is 46.6 Å². The van der Waals surface area contributed by atoms with Crippen LogP contribution in [0.3, 0.4) is 0 Å². The van der Waals surface area contributed by atoms with Gasteiger partial charge in [0.1, 0.15) is 0 Å². The number of nitrogens with one attached hydrogen (secondary N) is 1. The van der Waals surface area contributed by atoms with Crippen molar-refractivity contribution in [1.82, 2.24) is 15.5 Å². The van der Waals surface area contributed by atoms with Gasteiger partial charge in [-0.15, -0.1) is 0 Å². The number of hydrogen-bond donors (Lipinski definition) is 1. The van der Waals surface area contributed by atoms with E-state index in [0.29, 0.717) is 12.0 Å². The minimum Gasteiger partial charge on any atom is -0.313 e. The van der Waals surface area contributed by atoms with E-state index in [1.165, 1.54) is 6.42 Å². The SMILES string of the molecule is CCCNC(Cc1ccc(C)nn1)C(C)C. The smallest absolute Gasteiger partial charge is 0.0646 e. The fourth-order valence-electron chi connectivity index (χ4n) is 1.63. The molecule has 0 aliphatic carbocycles. The Labute approximate surface area is 98.7 Å². The standard InChI is InChI=1S/C13H23N3/c1-5-8-14-13(10(2)3)9-12-7-6-11(4)15-16-12/h6-7,10,13-14H,5,8-9H2,1-4H3. The van der Waals surface area contributed by atoms with E-state index in [4.69, 9.17) is 0 Å². The van der Waals surface area contributed by atoms with Gasteiger partial charge >= 0.3 is 0 Å². The first-order chi connectivity index (χ1) is 7.63. The minimum absolute atomic E-state index is 0.497. The van der Waals surface area contributed by atoms with Crippen molar-refractivity contribution < 1.29 is 0 Å². The number of rotatable bonds is 6. The van der Waals surface area contributed by atoms with Crippen LogP contribution >= 0.6 is 0 Å². The first-order valence-corrected chi connectivity index (χ1v) is 6.16. The Bertz CT molecular complexity index is 293. The van der Waals surface area contributed by atoms with Crippen LogP contribution < -0.4 is 5.32 Å². The molecule has 1 N–H and O–H groups in total. The molecule has 0 spiro atoms. The van der Waals surface area contributed by atoms with E-state index < -0.39 is 0 Å². The molecule has 3 nitrogen and oxygen atoms in total. The summed E-state index contributed by atoms with van der Waals surface area (Å²) in [6.07, 6.45) is 2.13. The molecule has 3 heteroatoms. The molecule has 1 unspecified atom stereocenters. The second kappa shape index (κ2) is 6.59. The second-order valence-electron chi connectivity index (χ2n) is 4.67. The minimum atomic E-state index is 0.497. The predicted octanol–water partition coefficient (Wildman–Crippen LogP) is 2.35. The Balaban J connectivity index is 2.57. The van der Waals surface area contributed by atoms with Crippen LogP contribution in [0.1, 0.15) is 38.6 Å². The molecule has 1 aromatic heterocycles. The lowest BCUT2D eigenvalue weighted by molar-refractivity contribution is 0.393. The quantitative estimate of drug-likeness (QED) is 0.801. The highest BCUT2D eigenvalue weighted by Gasteiger charge is 2.13. The van der Waals surface area contributed by atoms with E-state index in [9.17, 15) is 0 Å². The normalized spacial score (nSPS) is 13.1. The first-order valence-electron chi connectivity index (χ1n) is 6.16. The van der Waals surface area contributed by atoms with Crippen molar-refractivity contribution in [1.29, 1.82) is 0 Å². The maximum absolute atomic E-state index is 4.22. The van der Waals surface area contributed by atoms with E-state index >= 15 is 0 Å². The molecule has 0 saturated carbocycles. The third-order valence-electron chi connectivity index (χ3n) is 2.74. The largest absolute Gasteiger partial charge is 0.313 e. The summed E-state index contributed by atoms with van der Waals surface area (Å²) in [6, 6.07) is 4.60. The number of nitrogens with zero attached hydrogens (tertiary/aromatic N) is 2. The van der Waals surface area contributed by atoms with Gasteiger partial charge in [0.25, 0.3) is 0 Å². The van der Waals surface area contributed by atoms with E-state index in [2.05, 4.69) is 42.4 Å². The highest BCUT2D eigenvalue weighted by Crippen LogP contribution is 2.08. The lowest BCUT2D eigenvalue weighted by Crippen LogP contribution is -2.36. The van der Waals surface area contributed by atoms with Crippen LogP contribution in [0.4, 0.5) is 0 Å². The van der Waals surface area contributed by atoms with Crippen molar-refractivity contribution in [3.05, 3.63) is 23.5 Å². The van der Waals surface area contributed by atoms with Crippen molar-refractivity contribution in [2.75, 3.05) is 6.54 Å². The molecule has 0 aromatic carbocycles. The van der Waals surface area contributed by atoms with Gasteiger partial charge in [0.05, 0.1) is 11.4 Å². The highest BCUT2D eigenvalue weighted by molar-refractivity contribution is 5.07. The zero-order valence-corrected chi connectivity index (χ0v) is 10.8. The van der Waals surface area contributed by atoms with Crippen molar-refractivity contribution in [3.8, 4) is 0 Å². The van der Waals surface area contributed by atoms with Gasteiger partial charge in [0.2, 0.25) is 0 Å². The van der Waals surface area contributed by atoms with Crippen LogP contribution in [-0.4, -0.2) is 22.8 Å². The molecule has 0 saturated heterocycles. The molecule has 0 aliphatic rings. The fourth-order valence-corrected chi connectivity index (χ4v) is 1.63. The monoisotopic (exact) mass is 221 g/mol. The second-order valence-corrected chi connectivity index (χ2v) is 4.67. The number of hydrogen-bond acceptors (Lipinski definition) is 3. The maximum atomic E-state index is 4.22. The Morgan fingerprint density at radius 1 is 1.25 bits per heavy atom. The number of aromatic nitrogens is 2. The summed E-state index contributed by atoms with van der Waals surface area (Å²) < 4.78 is 0. The molecule has 1 atom stereocenters. The molecule has 0 radical (unpaired) electrons. The molecule has 16 heavy (non-hydrogen) atoms. The zero-order valence-electron chi connectivity index (χ0n) is 10.8. The van der Waals surface area contributed by atoms with Gasteiger partial charge in [0.15, 0.2) is 0 Å². The lowest BCUT2D eigenvalue weighted by Gasteiger charge is -2.21. The molecular weight excluding hydrogens is 198 g/mol. The van der Waals surface area contributed by atoms with Gasteiger partial charge in [-0.25, -0.2) is 0 Å².